The van der Waals surface area contributed by atoms with Crippen molar-refractivity contribution in [2.24, 2.45) is 0 Å². The van der Waals surface area contributed by atoms with Gasteiger partial charge in [-0.3, -0.25) is 9.48 Å². The average Bonchev–Trinajstić information content (AvgIpc) is 2.92. The highest BCUT2D eigenvalue weighted by atomic mass is 16.5. The SMILES string of the molecule is CCn1nc2c(c1C(=O)c1ccc(OC)cc1)CCCC2. The Kier molecular flexibility index (Phi) is 3.78. The number of aromatic nitrogens is 2. The number of methoxy groups -OCH3 is 1. The maximum atomic E-state index is 12.9. The van der Waals surface area contributed by atoms with Crippen molar-refractivity contribution in [3.8, 4) is 5.75 Å². The number of ether oxygens (including phenoxy) is 1. The third-order valence-electron chi connectivity index (χ3n) is 4.09. The van der Waals surface area contributed by atoms with Gasteiger partial charge in [0.1, 0.15) is 11.4 Å². The van der Waals surface area contributed by atoms with E-state index in [9.17, 15) is 4.79 Å². The monoisotopic (exact) mass is 284 g/mol. The number of ketones is 1. The first-order chi connectivity index (χ1) is 10.2. The van der Waals surface area contributed by atoms with Gasteiger partial charge in [0, 0.05) is 17.7 Å². The highest BCUT2D eigenvalue weighted by Gasteiger charge is 2.25. The lowest BCUT2D eigenvalue weighted by molar-refractivity contribution is 0.102. The molecule has 0 fully saturated rings. The zero-order chi connectivity index (χ0) is 14.8. The molecule has 4 heteroatoms. The summed E-state index contributed by atoms with van der Waals surface area (Å²) in [5.74, 6) is 0.827. The largest absolute Gasteiger partial charge is 0.497 e. The molecule has 0 unspecified atom stereocenters. The van der Waals surface area contributed by atoms with E-state index in [0.717, 1.165) is 48.5 Å². The van der Waals surface area contributed by atoms with Gasteiger partial charge in [-0.2, -0.15) is 5.10 Å². The molecule has 4 nitrogen and oxygen atoms in total. The van der Waals surface area contributed by atoms with E-state index >= 15 is 0 Å². The smallest absolute Gasteiger partial charge is 0.211 e. The summed E-state index contributed by atoms with van der Waals surface area (Å²) in [5.41, 5.74) is 3.74. The van der Waals surface area contributed by atoms with Crippen molar-refractivity contribution in [2.75, 3.05) is 7.11 Å². The summed E-state index contributed by atoms with van der Waals surface area (Å²) < 4.78 is 7.01. The molecule has 1 aromatic carbocycles. The van der Waals surface area contributed by atoms with E-state index in [1.165, 1.54) is 6.42 Å². The molecule has 1 heterocycles. The first-order valence-corrected chi connectivity index (χ1v) is 7.52. The summed E-state index contributed by atoms with van der Waals surface area (Å²) in [4.78, 5) is 12.9. The van der Waals surface area contributed by atoms with Crippen LogP contribution in [0.4, 0.5) is 0 Å². The first-order valence-electron chi connectivity index (χ1n) is 7.52. The summed E-state index contributed by atoms with van der Waals surface area (Å²) in [5, 5.41) is 4.62. The third-order valence-corrected chi connectivity index (χ3v) is 4.09. The lowest BCUT2D eigenvalue weighted by atomic mass is 9.93. The predicted octanol–water partition coefficient (Wildman–Crippen LogP) is 3.02. The van der Waals surface area contributed by atoms with E-state index in [1.54, 1.807) is 7.11 Å². The standard InChI is InChI=1S/C17H20N2O2/c1-3-19-16(14-6-4-5-7-15(14)18-19)17(20)12-8-10-13(21-2)11-9-12/h8-11H,3-7H2,1-2H3. The quantitative estimate of drug-likeness (QED) is 0.811. The van der Waals surface area contributed by atoms with Crippen LogP contribution in [0.25, 0.3) is 0 Å². The number of carbonyl (C=O) groups is 1. The van der Waals surface area contributed by atoms with Crippen LogP contribution in [0, 0.1) is 0 Å². The highest BCUT2D eigenvalue weighted by Crippen LogP contribution is 2.26. The van der Waals surface area contributed by atoms with Crippen LogP contribution in [0.2, 0.25) is 0 Å². The molecule has 0 N–H and O–H groups in total. The third kappa shape index (κ3) is 2.46. The molecule has 1 aliphatic rings. The van der Waals surface area contributed by atoms with Gasteiger partial charge in [0.2, 0.25) is 5.78 Å². The van der Waals surface area contributed by atoms with Crippen molar-refractivity contribution in [2.45, 2.75) is 39.2 Å². The fraction of sp³-hybridized carbons (Fsp3) is 0.412. The molecule has 110 valence electrons. The molecule has 0 aliphatic heterocycles. The van der Waals surface area contributed by atoms with E-state index in [1.807, 2.05) is 35.9 Å². The number of benzene rings is 1. The Morgan fingerprint density at radius 1 is 1.24 bits per heavy atom. The predicted molar refractivity (Wildman–Crippen MR) is 81.0 cm³/mol. The van der Waals surface area contributed by atoms with Crippen LogP contribution in [-0.4, -0.2) is 22.7 Å². The first kappa shape index (κ1) is 13.9. The molecule has 0 spiro atoms. The van der Waals surface area contributed by atoms with Crippen molar-refractivity contribution < 1.29 is 9.53 Å². The van der Waals surface area contributed by atoms with Gasteiger partial charge in [-0.05, 0) is 56.9 Å². The van der Waals surface area contributed by atoms with Crippen LogP contribution in [0.3, 0.4) is 0 Å². The second kappa shape index (κ2) is 5.72. The van der Waals surface area contributed by atoms with E-state index < -0.39 is 0 Å². The molecule has 1 aromatic heterocycles. The molecule has 21 heavy (non-hydrogen) atoms. The topological polar surface area (TPSA) is 44.1 Å². The van der Waals surface area contributed by atoms with Crippen LogP contribution in [0.15, 0.2) is 24.3 Å². The zero-order valence-corrected chi connectivity index (χ0v) is 12.6. The number of nitrogens with zero attached hydrogens (tertiary/aromatic N) is 2. The van der Waals surface area contributed by atoms with Gasteiger partial charge in [0.15, 0.2) is 0 Å². The molecule has 3 rings (SSSR count). The highest BCUT2D eigenvalue weighted by molar-refractivity contribution is 6.09. The Bertz CT molecular complexity index is 656. The minimum absolute atomic E-state index is 0.0650. The molecular formula is C17H20N2O2. The Balaban J connectivity index is 2.02. The molecular weight excluding hydrogens is 264 g/mol. The van der Waals surface area contributed by atoms with Crippen molar-refractivity contribution in [3.63, 3.8) is 0 Å². The number of rotatable bonds is 4. The molecule has 0 atom stereocenters. The van der Waals surface area contributed by atoms with Gasteiger partial charge < -0.3 is 4.74 Å². The molecule has 0 radical (unpaired) electrons. The van der Waals surface area contributed by atoms with Gasteiger partial charge in [0.25, 0.3) is 0 Å². The maximum absolute atomic E-state index is 12.9. The Morgan fingerprint density at radius 2 is 1.95 bits per heavy atom. The minimum atomic E-state index is 0.0650. The molecule has 0 saturated heterocycles. The molecule has 1 aliphatic carbocycles. The Hall–Kier alpha value is -2.10. The van der Waals surface area contributed by atoms with Gasteiger partial charge in [-0.15, -0.1) is 0 Å². The van der Waals surface area contributed by atoms with Gasteiger partial charge in [-0.1, -0.05) is 0 Å². The fourth-order valence-corrected chi connectivity index (χ4v) is 2.97. The van der Waals surface area contributed by atoms with E-state index in [-0.39, 0.29) is 5.78 Å². The van der Waals surface area contributed by atoms with Crippen LogP contribution in [-0.2, 0) is 19.4 Å². The number of fused-ring (bicyclic) bond motifs is 1. The summed E-state index contributed by atoms with van der Waals surface area (Å²) in [6, 6.07) is 7.30. The molecule has 2 aromatic rings. The number of hydrogen-bond acceptors (Lipinski definition) is 3. The number of carbonyl (C=O) groups excluding carboxylic acids is 1. The van der Waals surface area contributed by atoms with Gasteiger partial charge in [0.05, 0.1) is 12.8 Å². The van der Waals surface area contributed by atoms with Crippen molar-refractivity contribution in [3.05, 3.63) is 46.8 Å². The summed E-state index contributed by atoms with van der Waals surface area (Å²) >= 11 is 0. The lowest BCUT2D eigenvalue weighted by Gasteiger charge is -2.11. The Labute approximate surface area is 124 Å². The second-order valence-electron chi connectivity index (χ2n) is 5.35. The number of hydrogen-bond donors (Lipinski definition) is 0. The number of aryl methyl sites for hydroxylation is 2. The van der Waals surface area contributed by atoms with Crippen LogP contribution in [0.5, 0.6) is 5.75 Å². The normalized spacial score (nSPS) is 13.8. The maximum Gasteiger partial charge on any atom is 0.211 e. The van der Waals surface area contributed by atoms with Crippen molar-refractivity contribution in [1.82, 2.24) is 9.78 Å². The van der Waals surface area contributed by atoms with E-state index in [4.69, 9.17) is 4.74 Å². The van der Waals surface area contributed by atoms with Crippen molar-refractivity contribution in [1.29, 1.82) is 0 Å². The van der Waals surface area contributed by atoms with Gasteiger partial charge >= 0.3 is 0 Å². The van der Waals surface area contributed by atoms with Crippen molar-refractivity contribution >= 4 is 5.78 Å². The molecule has 0 bridgehead atoms. The summed E-state index contributed by atoms with van der Waals surface area (Å²) in [7, 11) is 1.62. The average molecular weight is 284 g/mol. The lowest BCUT2D eigenvalue weighted by Crippen LogP contribution is -2.13. The second-order valence-corrected chi connectivity index (χ2v) is 5.35. The zero-order valence-electron chi connectivity index (χ0n) is 12.6. The molecule has 0 saturated carbocycles. The summed E-state index contributed by atoms with van der Waals surface area (Å²) in [6.07, 6.45) is 4.27. The Morgan fingerprint density at radius 3 is 2.62 bits per heavy atom. The molecule has 0 amide bonds. The van der Waals surface area contributed by atoms with E-state index in [0.29, 0.717) is 5.56 Å². The van der Waals surface area contributed by atoms with Crippen LogP contribution >= 0.6 is 0 Å². The van der Waals surface area contributed by atoms with Crippen LogP contribution in [0.1, 0.15) is 47.1 Å². The minimum Gasteiger partial charge on any atom is -0.497 e. The van der Waals surface area contributed by atoms with Crippen LogP contribution < -0.4 is 4.74 Å². The van der Waals surface area contributed by atoms with Gasteiger partial charge in [-0.25, -0.2) is 0 Å². The fourth-order valence-electron chi connectivity index (χ4n) is 2.97. The summed E-state index contributed by atoms with van der Waals surface area (Å²) in [6.45, 7) is 2.76. The van der Waals surface area contributed by atoms with E-state index in [2.05, 4.69) is 5.10 Å².